The number of aliphatic carboxylic acids is 1. The van der Waals surface area contributed by atoms with E-state index >= 15 is 0 Å². The summed E-state index contributed by atoms with van der Waals surface area (Å²) in [5, 5.41) is 8.62. The lowest BCUT2D eigenvalue weighted by Crippen LogP contribution is -2.16. The Balaban J connectivity index is 2.93. The number of hydrogen-bond acceptors (Lipinski definition) is 2. The number of benzene rings is 1. The van der Waals surface area contributed by atoms with Gasteiger partial charge in [0.25, 0.3) is 0 Å². The molecule has 14 heavy (non-hydrogen) atoms. The van der Waals surface area contributed by atoms with Gasteiger partial charge in [0.1, 0.15) is 0 Å². The van der Waals surface area contributed by atoms with E-state index in [0.29, 0.717) is 0 Å². The average Bonchev–Trinajstić information content (AvgIpc) is 2.08. The second-order valence-electron chi connectivity index (χ2n) is 3.23. The second-order valence-corrected chi connectivity index (χ2v) is 4.39. The Morgan fingerprint density at radius 3 is 2.86 bits per heavy atom. The maximum Gasteiger partial charge on any atom is 0.305 e. The zero-order chi connectivity index (χ0) is 10.7. The summed E-state index contributed by atoms with van der Waals surface area (Å²) in [5.41, 5.74) is 7.79. The van der Waals surface area contributed by atoms with Crippen molar-refractivity contribution in [3.05, 3.63) is 32.9 Å². The number of hydrogen-bond donors (Lipinski definition) is 2. The largest absolute Gasteiger partial charge is 0.481 e. The highest BCUT2D eigenvalue weighted by Crippen LogP contribution is 2.21. The summed E-state index contributed by atoms with van der Waals surface area (Å²) in [6, 6.07) is 5.46. The molecule has 3 N–H and O–H groups in total. The van der Waals surface area contributed by atoms with E-state index < -0.39 is 12.0 Å². The molecule has 0 aliphatic rings. The second kappa shape index (κ2) is 4.75. The zero-order valence-corrected chi connectivity index (χ0v) is 9.98. The first-order chi connectivity index (χ1) is 6.50. The molecule has 0 aliphatic carbocycles. The molecule has 3 nitrogen and oxygen atoms in total. The fraction of sp³-hybridized carbons (Fsp3) is 0.300. The Labute approximate surface area is 96.4 Å². The number of carbonyl (C=O) groups is 1. The smallest absolute Gasteiger partial charge is 0.305 e. The van der Waals surface area contributed by atoms with Gasteiger partial charge in [0.15, 0.2) is 0 Å². The standard InChI is InChI=1S/C10H12INO2/c1-6-2-3-8(11)7(4-6)9(12)5-10(13)14/h2-4,9H,5,12H2,1H3,(H,13,14)/t9-/m1/s1. The molecular weight excluding hydrogens is 293 g/mol. The molecule has 0 radical (unpaired) electrons. The molecule has 0 aromatic heterocycles. The summed E-state index contributed by atoms with van der Waals surface area (Å²) in [6.07, 6.45) is -0.0283. The highest BCUT2D eigenvalue weighted by Gasteiger charge is 2.13. The van der Waals surface area contributed by atoms with Crippen LogP contribution in [0.25, 0.3) is 0 Å². The van der Waals surface area contributed by atoms with Gasteiger partial charge >= 0.3 is 5.97 Å². The van der Waals surface area contributed by atoms with Crippen molar-refractivity contribution in [1.29, 1.82) is 0 Å². The Morgan fingerprint density at radius 2 is 2.29 bits per heavy atom. The quantitative estimate of drug-likeness (QED) is 0.840. The Hall–Kier alpha value is -0.620. The van der Waals surface area contributed by atoms with Gasteiger partial charge in [-0.1, -0.05) is 17.7 Å². The van der Waals surface area contributed by atoms with Crippen LogP contribution in [0.4, 0.5) is 0 Å². The lowest BCUT2D eigenvalue weighted by atomic mass is 10.0. The number of nitrogens with two attached hydrogens (primary N) is 1. The third kappa shape index (κ3) is 2.95. The first kappa shape index (κ1) is 11.5. The van der Waals surface area contributed by atoms with E-state index in [4.69, 9.17) is 10.8 Å². The van der Waals surface area contributed by atoms with Gasteiger partial charge in [0.2, 0.25) is 0 Å². The molecule has 1 atom stereocenters. The third-order valence-corrected chi connectivity index (χ3v) is 2.93. The molecular formula is C10H12INO2. The van der Waals surface area contributed by atoms with Gasteiger partial charge in [-0.15, -0.1) is 0 Å². The lowest BCUT2D eigenvalue weighted by Gasteiger charge is -2.12. The van der Waals surface area contributed by atoms with Crippen LogP contribution in [0.15, 0.2) is 18.2 Å². The lowest BCUT2D eigenvalue weighted by molar-refractivity contribution is -0.137. The van der Waals surface area contributed by atoms with E-state index in [2.05, 4.69) is 22.6 Å². The molecule has 0 bridgehead atoms. The van der Waals surface area contributed by atoms with Crippen LogP contribution in [-0.4, -0.2) is 11.1 Å². The maximum atomic E-state index is 10.5. The van der Waals surface area contributed by atoms with E-state index in [1.165, 1.54) is 0 Å². The highest BCUT2D eigenvalue weighted by molar-refractivity contribution is 14.1. The van der Waals surface area contributed by atoms with Crippen molar-refractivity contribution in [2.24, 2.45) is 5.73 Å². The van der Waals surface area contributed by atoms with Gasteiger partial charge in [-0.05, 0) is 41.1 Å². The fourth-order valence-electron chi connectivity index (χ4n) is 1.25. The highest BCUT2D eigenvalue weighted by atomic mass is 127. The summed E-state index contributed by atoms with van der Waals surface area (Å²) in [6.45, 7) is 1.97. The maximum absolute atomic E-state index is 10.5. The SMILES string of the molecule is Cc1ccc(I)c([C@H](N)CC(=O)O)c1. The predicted molar refractivity (Wildman–Crippen MR) is 63.1 cm³/mol. The topological polar surface area (TPSA) is 63.3 Å². The van der Waals surface area contributed by atoms with Gasteiger partial charge in [-0.25, -0.2) is 0 Å². The van der Waals surface area contributed by atoms with Crippen LogP contribution in [0.2, 0.25) is 0 Å². The minimum Gasteiger partial charge on any atom is -0.481 e. The van der Waals surface area contributed by atoms with Crippen LogP contribution in [-0.2, 0) is 4.79 Å². The van der Waals surface area contributed by atoms with Crippen LogP contribution < -0.4 is 5.73 Å². The zero-order valence-electron chi connectivity index (χ0n) is 7.83. The predicted octanol–water partition coefficient (Wildman–Crippen LogP) is 2.07. The molecule has 76 valence electrons. The van der Waals surface area contributed by atoms with E-state index in [-0.39, 0.29) is 6.42 Å². The first-order valence-electron chi connectivity index (χ1n) is 4.24. The molecule has 1 aromatic rings. The molecule has 0 heterocycles. The molecule has 0 spiro atoms. The Morgan fingerprint density at radius 1 is 1.64 bits per heavy atom. The molecule has 0 saturated heterocycles. The third-order valence-electron chi connectivity index (χ3n) is 1.95. The van der Waals surface area contributed by atoms with Crippen molar-refractivity contribution in [1.82, 2.24) is 0 Å². The van der Waals surface area contributed by atoms with Gasteiger partial charge in [0.05, 0.1) is 6.42 Å². The number of carboxylic acids is 1. The van der Waals surface area contributed by atoms with Gasteiger partial charge in [-0.3, -0.25) is 4.79 Å². The summed E-state index contributed by atoms with van der Waals surface area (Å²) >= 11 is 2.17. The van der Waals surface area contributed by atoms with E-state index in [9.17, 15) is 4.79 Å². The first-order valence-corrected chi connectivity index (χ1v) is 5.32. The number of aryl methyl sites for hydroxylation is 1. The van der Waals surface area contributed by atoms with Gasteiger partial charge < -0.3 is 10.8 Å². The molecule has 1 aromatic carbocycles. The molecule has 0 aliphatic heterocycles. The van der Waals surface area contributed by atoms with Crippen molar-refractivity contribution in [2.45, 2.75) is 19.4 Å². The minimum atomic E-state index is -0.866. The fourth-order valence-corrected chi connectivity index (χ4v) is 1.98. The normalized spacial score (nSPS) is 12.5. The number of carboxylic acid groups (broad SMARTS) is 1. The van der Waals surface area contributed by atoms with Crippen molar-refractivity contribution in [3.8, 4) is 0 Å². The van der Waals surface area contributed by atoms with E-state index in [0.717, 1.165) is 14.7 Å². The Kier molecular flexibility index (Phi) is 3.88. The summed E-state index contributed by atoms with van der Waals surface area (Å²) in [5.74, 6) is -0.866. The van der Waals surface area contributed by atoms with Crippen molar-refractivity contribution in [3.63, 3.8) is 0 Å². The molecule has 0 amide bonds. The summed E-state index contributed by atoms with van der Waals surface area (Å²) in [7, 11) is 0. The van der Waals surface area contributed by atoms with Crippen LogP contribution in [0.1, 0.15) is 23.6 Å². The van der Waals surface area contributed by atoms with Crippen LogP contribution >= 0.6 is 22.6 Å². The molecule has 1 rings (SSSR count). The van der Waals surface area contributed by atoms with Crippen molar-refractivity contribution >= 4 is 28.6 Å². The molecule has 0 unspecified atom stereocenters. The molecule has 4 heteroatoms. The average molecular weight is 305 g/mol. The number of halogens is 1. The van der Waals surface area contributed by atoms with E-state index in [1.54, 1.807) is 0 Å². The summed E-state index contributed by atoms with van der Waals surface area (Å²) < 4.78 is 1.02. The van der Waals surface area contributed by atoms with Gasteiger partial charge in [-0.2, -0.15) is 0 Å². The molecule has 0 saturated carbocycles. The monoisotopic (exact) mass is 305 g/mol. The van der Waals surface area contributed by atoms with Gasteiger partial charge in [0, 0.05) is 9.61 Å². The summed E-state index contributed by atoms with van der Waals surface area (Å²) in [4.78, 5) is 10.5. The number of rotatable bonds is 3. The van der Waals surface area contributed by atoms with E-state index in [1.807, 2.05) is 25.1 Å². The van der Waals surface area contributed by atoms with Crippen LogP contribution in [0, 0.1) is 10.5 Å². The minimum absolute atomic E-state index is 0.0283. The van der Waals surface area contributed by atoms with Crippen LogP contribution in [0.5, 0.6) is 0 Å². The Bertz CT molecular complexity index is 352. The van der Waals surface area contributed by atoms with Crippen LogP contribution in [0.3, 0.4) is 0 Å². The molecule has 0 fully saturated rings. The van der Waals surface area contributed by atoms with Crippen molar-refractivity contribution < 1.29 is 9.90 Å². The van der Waals surface area contributed by atoms with Crippen molar-refractivity contribution in [2.75, 3.05) is 0 Å².